The van der Waals surface area contributed by atoms with Crippen molar-refractivity contribution in [1.82, 2.24) is 5.32 Å². The number of rotatable bonds is 7. The summed E-state index contributed by atoms with van der Waals surface area (Å²) in [6.07, 6.45) is 7.89. The third-order valence-corrected chi connectivity index (χ3v) is 6.37. The molecule has 0 radical (unpaired) electrons. The molecule has 0 unspecified atom stereocenters. The van der Waals surface area contributed by atoms with Crippen LogP contribution in [0.1, 0.15) is 41.6 Å². The van der Waals surface area contributed by atoms with Gasteiger partial charge in [0.15, 0.2) is 0 Å². The number of nitrogens with one attached hydrogen (secondary N) is 1. The highest BCUT2D eigenvalue weighted by molar-refractivity contribution is 7.92. The zero-order valence-electron chi connectivity index (χ0n) is 16.4. The summed E-state index contributed by atoms with van der Waals surface area (Å²) in [5, 5.41) is 3.32. The standard InChI is InChI=1S/C22H25ClN2O3S/c1-29(27,28)25(21-10-6-5-9-20(21)23)16-18-11-13-19(14-12-18)22(26)24-15-17-7-3-2-4-8-17/h5-7,9-14H,2-4,8,15-16H2,1H3,(H,24,26). The third-order valence-electron chi connectivity index (χ3n) is 4.92. The zero-order chi connectivity index (χ0) is 20.9. The lowest BCUT2D eigenvalue weighted by Crippen LogP contribution is -2.29. The Morgan fingerprint density at radius 3 is 2.45 bits per heavy atom. The van der Waals surface area contributed by atoms with Crippen LogP contribution in [0.5, 0.6) is 0 Å². The molecule has 0 spiro atoms. The van der Waals surface area contributed by atoms with Gasteiger partial charge in [-0.15, -0.1) is 0 Å². The minimum atomic E-state index is -3.52. The summed E-state index contributed by atoms with van der Waals surface area (Å²) < 4.78 is 25.9. The number of anilines is 1. The van der Waals surface area contributed by atoms with Crippen LogP contribution in [-0.4, -0.2) is 27.1 Å². The number of halogens is 1. The number of sulfonamides is 1. The van der Waals surface area contributed by atoms with Gasteiger partial charge >= 0.3 is 0 Å². The van der Waals surface area contributed by atoms with E-state index in [2.05, 4.69) is 11.4 Å². The van der Waals surface area contributed by atoms with E-state index in [4.69, 9.17) is 11.6 Å². The molecule has 154 valence electrons. The molecule has 1 aliphatic rings. The number of carbonyl (C=O) groups is 1. The summed E-state index contributed by atoms with van der Waals surface area (Å²) in [4.78, 5) is 12.4. The topological polar surface area (TPSA) is 66.5 Å². The Morgan fingerprint density at radius 2 is 1.83 bits per heavy atom. The Kier molecular flexibility index (Phi) is 6.98. The van der Waals surface area contributed by atoms with Gasteiger partial charge < -0.3 is 5.32 Å². The van der Waals surface area contributed by atoms with Crippen LogP contribution in [0.25, 0.3) is 0 Å². The van der Waals surface area contributed by atoms with Crippen molar-refractivity contribution in [2.24, 2.45) is 0 Å². The smallest absolute Gasteiger partial charge is 0.251 e. The number of allylic oxidation sites excluding steroid dienone is 1. The molecule has 0 fully saturated rings. The quantitative estimate of drug-likeness (QED) is 0.653. The Bertz CT molecular complexity index is 1000. The van der Waals surface area contributed by atoms with Crippen LogP contribution in [0.3, 0.4) is 0 Å². The largest absolute Gasteiger partial charge is 0.348 e. The monoisotopic (exact) mass is 432 g/mol. The van der Waals surface area contributed by atoms with Crippen LogP contribution >= 0.6 is 11.6 Å². The number of carbonyl (C=O) groups excluding carboxylic acids is 1. The van der Waals surface area contributed by atoms with Crippen molar-refractivity contribution in [2.75, 3.05) is 17.1 Å². The van der Waals surface area contributed by atoms with E-state index < -0.39 is 10.0 Å². The number of nitrogens with zero attached hydrogens (tertiary/aromatic N) is 1. The predicted octanol–water partition coefficient (Wildman–Crippen LogP) is 4.54. The fraction of sp³-hybridized carbons (Fsp3) is 0.318. The second-order valence-corrected chi connectivity index (χ2v) is 9.52. The molecule has 2 aromatic rings. The van der Waals surface area contributed by atoms with Gasteiger partial charge in [-0.25, -0.2) is 8.42 Å². The molecule has 1 N–H and O–H groups in total. The highest BCUT2D eigenvalue weighted by Gasteiger charge is 2.20. The Balaban J connectivity index is 1.69. The number of amides is 1. The average Bonchev–Trinajstić information content (AvgIpc) is 2.71. The summed E-state index contributed by atoms with van der Waals surface area (Å²) >= 11 is 6.19. The molecule has 0 atom stereocenters. The van der Waals surface area contributed by atoms with Crippen molar-refractivity contribution in [1.29, 1.82) is 0 Å². The Hall–Kier alpha value is -2.31. The van der Waals surface area contributed by atoms with E-state index >= 15 is 0 Å². The predicted molar refractivity (Wildman–Crippen MR) is 118 cm³/mol. The average molecular weight is 433 g/mol. The molecule has 1 amide bonds. The van der Waals surface area contributed by atoms with Gasteiger partial charge in [0, 0.05) is 12.1 Å². The van der Waals surface area contributed by atoms with Gasteiger partial charge in [0.25, 0.3) is 5.91 Å². The molecule has 0 aliphatic heterocycles. The van der Waals surface area contributed by atoms with Gasteiger partial charge in [0.05, 0.1) is 23.5 Å². The molecule has 0 heterocycles. The molecule has 1 aliphatic carbocycles. The van der Waals surface area contributed by atoms with Gasteiger partial charge in [-0.05, 0) is 55.5 Å². The fourth-order valence-corrected chi connectivity index (χ4v) is 4.51. The van der Waals surface area contributed by atoms with E-state index in [1.54, 1.807) is 48.5 Å². The minimum absolute atomic E-state index is 0.130. The second-order valence-electron chi connectivity index (χ2n) is 7.21. The molecule has 0 saturated carbocycles. The van der Waals surface area contributed by atoms with Crippen LogP contribution in [0, 0.1) is 0 Å². The summed E-state index contributed by atoms with van der Waals surface area (Å²) in [5.74, 6) is -0.130. The second kappa shape index (κ2) is 9.46. The summed E-state index contributed by atoms with van der Waals surface area (Å²) in [6, 6.07) is 13.8. The highest BCUT2D eigenvalue weighted by Crippen LogP contribution is 2.28. The van der Waals surface area contributed by atoms with Crippen LogP contribution in [0.15, 0.2) is 60.2 Å². The van der Waals surface area contributed by atoms with Gasteiger partial charge in [-0.3, -0.25) is 9.10 Å². The molecule has 3 rings (SSSR count). The lowest BCUT2D eigenvalue weighted by atomic mass is 9.99. The molecule has 0 bridgehead atoms. The lowest BCUT2D eigenvalue weighted by Gasteiger charge is -2.23. The zero-order valence-corrected chi connectivity index (χ0v) is 18.0. The summed E-state index contributed by atoms with van der Waals surface area (Å²) in [6.45, 7) is 0.715. The maximum atomic E-state index is 12.4. The molecule has 0 aromatic heterocycles. The minimum Gasteiger partial charge on any atom is -0.348 e. The Morgan fingerprint density at radius 1 is 1.10 bits per heavy atom. The van der Waals surface area contributed by atoms with Gasteiger partial charge in [0.2, 0.25) is 10.0 Å². The number of hydrogen-bond acceptors (Lipinski definition) is 3. The first-order valence-corrected chi connectivity index (χ1v) is 11.8. The SMILES string of the molecule is CS(=O)(=O)N(Cc1ccc(C(=O)NCC2=CCCCC2)cc1)c1ccccc1Cl. The van der Waals surface area contributed by atoms with E-state index in [9.17, 15) is 13.2 Å². The molecular formula is C22H25ClN2O3S. The fourth-order valence-electron chi connectivity index (χ4n) is 3.32. The molecule has 7 heteroatoms. The van der Waals surface area contributed by atoms with Crippen LogP contribution < -0.4 is 9.62 Å². The first-order valence-electron chi connectivity index (χ1n) is 9.62. The van der Waals surface area contributed by atoms with Crippen LogP contribution in [-0.2, 0) is 16.6 Å². The molecule has 5 nitrogen and oxygen atoms in total. The van der Waals surface area contributed by atoms with E-state index in [1.807, 2.05) is 0 Å². The highest BCUT2D eigenvalue weighted by atomic mass is 35.5. The Labute approximate surface area is 177 Å². The third kappa shape index (κ3) is 5.84. The van der Waals surface area contributed by atoms with Crippen molar-refractivity contribution in [2.45, 2.75) is 32.2 Å². The molecule has 2 aromatic carbocycles. The van der Waals surface area contributed by atoms with Crippen LogP contribution in [0.4, 0.5) is 5.69 Å². The van der Waals surface area contributed by atoms with Gasteiger partial charge in [0.1, 0.15) is 0 Å². The van der Waals surface area contributed by atoms with E-state index in [0.717, 1.165) is 24.7 Å². The van der Waals surface area contributed by atoms with Crippen molar-refractivity contribution in [3.05, 3.63) is 76.3 Å². The lowest BCUT2D eigenvalue weighted by molar-refractivity contribution is 0.0956. The maximum Gasteiger partial charge on any atom is 0.251 e. The van der Waals surface area contributed by atoms with E-state index in [-0.39, 0.29) is 12.5 Å². The van der Waals surface area contributed by atoms with Crippen molar-refractivity contribution >= 4 is 33.2 Å². The number of benzene rings is 2. The molecular weight excluding hydrogens is 408 g/mol. The van der Waals surface area contributed by atoms with Crippen molar-refractivity contribution in [3.63, 3.8) is 0 Å². The molecule has 0 saturated heterocycles. The first kappa shape index (κ1) is 21.4. The van der Waals surface area contributed by atoms with E-state index in [0.29, 0.717) is 22.8 Å². The van der Waals surface area contributed by atoms with Crippen LogP contribution in [0.2, 0.25) is 5.02 Å². The van der Waals surface area contributed by atoms with Gasteiger partial charge in [-0.2, -0.15) is 0 Å². The first-order chi connectivity index (χ1) is 13.8. The van der Waals surface area contributed by atoms with E-state index in [1.165, 1.54) is 22.7 Å². The van der Waals surface area contributed by atoms with Crippen molar-refractivity contribution in [3.8, 4) is 0 Å². The summed E-state index contributed by atoms with van der Waals surface area (Å²) in [5.41, 5.74) is 3.03. The number of hydrogen-bond donors (Lipinski definition) is 1. The maximum absolute atomic E-state index is 12.4. The normalized spacial score (nSPS) is 14.2. The summed E-state index contributed by atoms with van der Waals surface area (Å²) in [7, 11) is -3.52. The van der Waals surface area contributed by atoms with Crippen molar-refractivity contribution < 1.29 is 13.2 Å². The van der Waals surface area contributed by atoms with Gasteiger partial charge in [-0.1, -0.05) is 47.5 Å². The molecule has 29 heavy (non-hydrogen) atoms. The number of para-hydroxylation sites is 1.